The summed E-state index contributed by atoms with van der Waals surface area (Å²) in [6.45, 7) is 1.81. The zero-order chi connectivity index (χ0) is 15.7. The molecule has 0 aromatic heterocycles. The fraction of sp³-hybridized carbons (Fsp3) is 0.500. The van der Waals surface area contributed by atoms with Crippen molar-refractivity contribution in [3.63, 3.8) is 0 Å². The highest BCUT2D eigenvalue weighted by Crippen LogP contribution is 2.27. The van der Waals surface area contributed by atoms with E-state index in [0.717, 1.165) is 16.4 Å². The van der Waals surface area contributed by atoms with E-state index in [1.54, 1.807) is 4.90 Å². The Morgan fingerprint density at radius 1 is 1.09 bits per heavy atom. The minimum absolute atomic E-state index is 0.00139. The number of piperazine rings is 1. The number of amides is 1. The molecule has 1 fully saturated rings. The third-order valence-electron chi connectivity index (χ3n) is 4.19. The van der Waals surface area contributed by atoms with Gasteiger partial charge in [-0.15, -0.1) is 0 Å². The molecule has 1 aromatic rings. The van der Waals surface area contributed by atoms with Crippen molar-refractivity contribution in [2.45, 2.75) is 6.42 Å². The number of carbonyl (C=O) groups excluding carboxylic acids is 1. The summed E-state index contributed by atoms with van der Waals surface area (Å²) in [6.07, 6.45) is 0.857. The van der Waals surface area contributed by atoms with E-state index in [-0.39, 0.29) is 25.5 Å². The molecule has 2 aliphatic rings. The third-order valence-corrected chi connectivity index (χ3v) is 5.17. The van der Waals surface area contributed by atoms with E-state index < -0.39 is 10.4 Å². The number of benzene rings is 1. The Labute approximate surface area is 129 Å². The van der Waals surface area contributed by atoms with Gasteiger partial charge in [-0.2, -0.15) is 12.7 Å². The molecule has 120 valence electrons. The van der Waals surface area contributed by atoms with Crippen molar-refractivity contribution >= 4 is 22.0 Å². The van der Waals surface area contributed by atoms with E-state index in [9.17, 15) is 17.1 Å². The summed E-state index contributed by atoms with van der Waals surface area (Å²) >= 11 is 0. The van der Waals surface area contributed by atoms with E-state index in [2.05, 4.69) is 0 Å². The molecule has 6 nitrogen and oxygen atoms in total. The molecule has 0 N–H and O–H groups in total. The number of anilines is 1. The Morgan fingerprint density at radius 2 is 1.77 bits per heavy atom. The Hall–Kier alpha value is -1.51. The number of para-hydroxylation sites is 1. The maximum absolute atomic E-state index is 12.9. The van der Waals surface area contributed by atoms with E-state index >= 15 is 0 Å². The maximum Gasteiger partial charge on any atom is 0.374 e. The Kier molecular flexibility index (Phi) is 4.16. The molecule has 0 atom stereocenters. The lowest BCUT2D eigenvalue weighted by Crippen LogP contribution is -2.50. The quantitative estimate of drug-likeness (QED) is 0.755. The van der Waals surface area contributed by atoms with Crippen molar-refractivity contribution in [2.75, 3.05) is 44.2 Å². The van der Waals surface area contributed by atoms with Gasteiger partial charge in [0.05, 0.1) is 6.54 Å². The Bertz CT molecular complexity index is 672. The van der Waals surface area contributed by atoms with Crippen LogP contribution in [0.25, 0.3) is 0 Å². The lowest BCUT2D eigenvalue weighted by molar-refractivity contribution is -0.119. The second kappa shape index (κ2) is 5.94. The largest absolute Gasteiger partial charge is 0.374 e. The van der Waals surface area contributed by atoms with Gasteiger partial charge >= 0.3 is 10.4 Å². The van der Waals surface area contributed by atoms with E-state index in [1.165, 1.54) is 5.56 Å². The van der Waals surface area contributed by atoms with Crippen LogP contribution in [0.2, 0.25) is 0 Å². The third kappa shape index (κ3) is 3.13. The molecule has 22 heavy (non-hydrogen) atoms. The summed E-state index contributed by atoms with van der Waals surface area (Å²) in [6, 6.07) is 7.83. The number of nitrogens with zero attached hydrogens (tertiary/aromatic N) is 3. The maximum atomic E-state index is 12.9. The highest BCUT2D eigenvalue weighted by molar-refractivity contribution is 7.83. The summed E-state index contributed by atoms with van der Waals surface area (Å²) in [5.41, 5.74) is 2.13. The minimum atomic E-state index is -4.62. The summed E-state index contributed by atoms with van der Waals surface area (Å²) in [7, 11) is -4.62. The van der Waals surface area contributed by atoms with Crippen LogP contribution in [-0.4, -0.2) is 62.8 Å². The van der Waals surface area contributed by atoms with Crippen LogP contribution in [0.4, 0.5) is 9.57 Å². The first-order valence-corrected chi connectivity index (χ1v) is 8.59. The normalized spacial score (nSPS) is 20.1. The van der Waals surface area contributed by atoms with Gasteiger partial charge in [0.2, 0.25) is 5.91 Å². The number of rotatable bonds is 3. The fourth-order valence-corrected chi connectivity index (χ4v) is 3.58. The highest BCUT2D eigenvalue weighted by Gasteiger charge is 2.29. The fourth-order valence-electron chi connectivity index (χ4n) is 2.98. The summed E-state index contributed by atoms with van der Waals surface area (Å²) in [5, 5.41) is 0. The molecule has 0 saturated carbocycles. The molecule has 8 heteroatoms. The molecular weight excluding hydrogens is 309 g/mol. The van der Waals surface area contributed by atoms with Crippen LogP contribution in [0.5, 0.6) is 0 Å². The van der Waals surface area contributed by atoms with Gasteiger partial charge in [0, 0.05) is 38.4 Å². The van der Waals surface area contributed by atoms with Crippen LogP contribution in [0, 0.1) is 0 Å². The van der Waals surface area contributed by atoms with Crippen LogP contribution >= 0.6 is 0 Å². The Morgan fingerprint density at radius 3 is 2.45 bits per heavy atom. The van der Waals surface area contributed by atoms with Gasteiger partial charge in [-0.3, -0.25) is 9.69 Å². The molecule has 0 aliphatic carbocycles. The summed E-state index contributed by atoms with van der Waals surface area (Å²) in [5.74, 6) is 0.00139. The summed E-state index contributed by atoms with van der Waals surface area (Å²) in [4.78, 5) is 16.1. The number of hydrogen-bond donors (Lipinski definition) is 0. The van der Waals surface area contributed by atoms with Crippen molar-refractivity contribution in [3.8, 4) is 0 Å². The monoisotopic (exact) mass is 327 g/mol. The predicted molar refractivity (Wildman–Crippen MR) is 80.5 cm³/mol. The average Bonchev–Trinajstić information content (AvgIpc) is 2.91. The molecule has 0 bridgehead atoms. The van der Waals surface area contributed by atoms with Crippen LogP contribution < -0.4 is 4.90 Å². The standard InChI is InChI=1S/C14H18FN3O3S/c15-22(20,21)17-9-7-16(8-10-17)11-14(19)18-6-5-12-3-1-2-4-13(12)18/h1-4H,5-11H2. The summed E-state index contributed by atoms with van der Waals surface area (Å²) < 4.78 is 35.3. The molecule has 0 spiro atoms. The lowest BCUT2D eigenvalue weighted by Gasteiger charge is -2.32. The molecular formula is C14H18FN3O3S. The van der Waals surface area contributed by atoms with Crippen LogP contribution in [0.15, 0.2) is 24.3 Å². The predicted octanol–water partition coefficient (Wildman–Crippen LogP) is 0.408. The molecule has 2 heterocycles. The highest BCUT2D eigenvalue weighted by atomic mass is 32.3. The van der Waals surface area contributed by atoms with Gasteiger partial charge in [0.15, 0.2) is 0 Å². The first kappa shape index (κ1) is 15.4. The molecule has 0 unspecified atom stereocenters. The number of carbonyl (C=O) groups is 1. The van der Waals surface area contributed by atoms with Crippen LogP contribution in [0.1, 0.15) is 5.56 Å². The molecule has 1 saturated heterocycles. The molecule has 3 rings (SSSR count). The van der Waals surface area contributed by atoms with Gasteiger partial charge in [0.25, 0.3) is 0 Å². The molecule has 1 aromatic carbocycles. The number of hydrogen-bond acceptors (Lipinski definition) is 4. The second-order valence-electron chi connectivity index (χ2n) is 5.54. The van der Waals surface area contributed by atoms with Gasteiger partial charge in [-0.25, -0.2) is 0 Å². The van der Waals surface area contributed by atoms with Crippen LogP contribution in [0.3, 0.4) is 0 Å². The minimum Gasteiger partial charge on any atom is -0.311 e. The van der Waals surface area contributed by atoms with E-state index in [0.29, 0.717) is 19.6 Å². The first-order valence-electron chi connectivity index (χ1n) is 7.25. The van der Waals surface area contributed by atoms with E-state index in [4.69, 9.17) is 0 Å². The van der Waals surface area contributed by atoms with Crippen molar-refractivity contribution < 1.29 is 17.1 Å². The van der Waals surface area contributed by atoms with Gasteiger partial charge in [0.1, 0.15) is 0 Å². The van der Waals surface area contributed by atoms with Crippen molar-refractivity contribution in [1.29, 1.82) is 0 Å². The lowest BCUT2D eigenvalue weighted by atomic mass is 10.2. The SMILES string of the molecule is O=C(CN1CCN(S(=O)(=O)F)CC1)N1CCc2ccccc21. The van der Waals surface area contributed by atoms with Crippen molar-refractivity contribution in [1.82, 2.24) is 9.21 Å². The number of halogens is 1. The zero-order valence-electron chi connectivity index (χ0n) is 12.1. The van der Waals surface area contributed by atoms with E-state index in [1.807, 2.05) is 29.2 Å². The average molecular weight is 327 g/mol. The van der Waals surface area contributed by atoms with Crippen LogP contribution in [-0.2, 0) is 21.6 Å². The smallest absolute Gasteiger partial charge is 0.311 e. The Balaban J connectivity index is 1.58. The molecule has 0 radical (unpaired) electrons. The molecule has 1 amide bonds. The topological polar surface area (TPSA) is 60.9 Å². The second-order valence-corrected chi connectivity index (χ2v) is 6.88. The number of fused-ring (bicyclic) bond motifs is 1. The zero-order valence-corrected chi connectivity index (χ0v) is 12.9. The van der Waals surface area contributed by atoms with Gasteiger partial charge in [-0.05, 0) is 18.1 Å². The first-order chi connectivity index (χ1) is 10.4. The molecule has 2 aliphatic heterocycles. The van der Waals surface area contributed by atoms with Crippen molar-refractivity contribution in [2.24, 2.45) is 0 Å². The van der Waals surface area contributed by atoms with Gasteiger partial charge < -0.3 is 4.90 Å². The van der Waals surface area contributed by atoms with Crippen molar-refractivity contribution in [3.05, 3.63) is 29.8 Å². The van der Waals surface area contributed by atoms with Gasteiger partial charge in [-0.1, -0.05) is 22.1 Å².